The summed E-state index contributed by atoms with van der Waals surface area (Å²) in [5.41, 5.74) is 0.112. The van der Waals surface area contributed by atoms with Crippen LogP contribution in [0, 0.1) is 5.41 Å². The monoisotopic (exact) mass is 245 g/mol. The summed E-state index contributed by atoms with van der Waals surface area (Å²) in [4.78, 5) is 0. The molecular formula is C14H31NO2. The summed E-state index contributed by atoms with van der Waals surface area (Å²) in [5, 5.41) is 3.53. The molecule has 0 saturated heterocycles. The van der Waals surface area contributed by atoms with Crippen molar-refractivity contribution in [2.24, 2.45) is 5.41 Å². The van der Waals surface area contributed by atoms with E-state index >= 15 is 0 Å². The Morgan fingerprint density at radius 2 is 1.76 bits per heavy atom. The SMILES string of the molecule is CCCNC(COC(C)C)C(OC)C(C)(C)C. The van der Waals surface area contributed by atoms with Gasteiger partial charge < -0.3 is 14.8 Å². The molecule has 0 amide bonds. The second kappa shape index (κ2) is 8.06. The van der Waals surface area contributed by atoms with Gasteiger partial charge >= 0.3 is 0 Å². The molecule has 0 heterocycles. The van der Waals surface area contributed by atoms with Gasteiger partial charge in [-0.1, -0.05) is 27.7 Å². The van der Waals surface area contributed by atoms with Gasteiger partial charge in [0.05, 0.1) is 24.9 Å². The lowest BCUT2D eigenvalue weighted by Crippen LogP contribution is -2.50. The lowest BCUT2D eigenvalue weighted by molar-refractivity contribution is -0.0453. The molecule has 0 aromatic carbocycles. The Morgan fingerprint density at radius 3 is 2.12 bits per heavy atom. The zero-order valence-corrected chi connectivity index (χ0v) is 12.7. The fourth-order valence-electron chi connectivity index (χ4n) is 2.00. The zero-order chi connectivity index (χ0) is 13.5. The molecular weight excluding hydrogens is 214 g/mol. The first-order valence-electron chi connectivity index (χ1n) is 6.70. The van der Waals surface area contributed by atoms with Gasteiger partial charge in [0.25, 0.3) is 0 Å². The Hall–Kier alpha value is -0.120. The first-order chi connectivity index (χ1) is 7.82. The number of hydrogen-bond donors (Lipinski definition) is 1. The van der Waals surface area contributed by atoms with Crippen LogP contribution < -0.4 is 5.32 Å². The van der Waals surface area contributed by atoms with E-state index in [2.05, 4.69) is 46.9 Å². The first kappa shape index (κ1) is 16.9. The second-order valence-corrected chi connectivity index (χ2v) is 5.97. The van der Waals surface area contributed by atoms with Crippen LogP contribution in [0.5, 0.6) is 0 Å². The molecule has 0 spiro atoms. The minimum absolute atomic E-state index is 0.112. The van der Waals surface area contributed by atoms with Gasteiger partial charge in [-0.2, -0.15) is 0 Å². The van der Waals surface area contributed by atoms with Crippen LogP contribution in [-0.2, 0) is 9.47 Å². The van der Waals surface area contributed by atoms with E-state index in [0.29, 0.717) is 6.61 Å². The van der Waals surface area contributed by atoms with E-state index in [1.807, 2.05) is 0 Å². The van der Waals surface area contributed by atoms with Gasteiger partial charge in [-0.25, -0.2) is 0 Å². The molecule has 1 N–H and O–H groups in total. The van der Waals surface area contributed by atoms with Crippen molar-refractivity contribution in [1.82, 2.24) is 5.32 Å². The summed E-state index contributed by atoms with van der Waals surface area (Å²) in [5.74, 6) is 0. The van der Waals surface area contributed by atoms with E-state index in [4.69, 9.17) is 9.47 Å². The number of rotatable bonds is 8. The normalized spacial score (nSPS) is 16.2. The lowest BCUT2D eigenvalue weighted by Gasteiger charge is -2.36. The predicted molar refractivity (Wildman–Crippen MR) is 73.4 cm³/mol. The topological polar surface area (TPSA) is 30.5 Å². The summed E-state index contributed by atoms with van der Waals surface area (Å²) >= 11 is 0. The van der Waals surface area contributed by atoms with E-state index in [9.17, 15) is 0 Å². The van der Waals surface area contributed by atoms with Gasteiger partial charge in [-0.05, 0) is 32.2 Å². The van der Waals surface area contributed by atoms with Crippen molar-refractivity contribution >= 4 is 0 Å². The number of ether oxygens (including phenoxy) is 2. The van der Waals surface area contributed by atoms with Crippen LogP contribution in [0.15, 0.2) is 0 Å². The lowest BCUT2D eigenvalue weighted by atomic mass is 9.84. The van der Waals surface area contributed by atoms with E-state index in [0.717, 1.165) is 13.0 Å². The van der Waals surface area contributed by atoms with Crippen molar-refractivity contribution < 1.29 is 9.47 Å². The average Bonchev–Trinajstić information content (AvgIpc) is 2.20. The van der Waals surface area contributed by atoms with Gasteiger partial charge in [0.2, 0.25) is 0 Å². The average molecular weight is 245 g/mol. The Labute approximate surface area is 107 Å². The van der Waals surface area contributed by atoms with E-state index in [1.165, 1.54) is 0 Å². The summed E-state index contributed by atoms with van der Waals surface area (Å²) in [6, 6.07) is 0.252. The molecule has 0 aliphatic carbocycles. The number of hydrogen-bond acceptors (Lipinski definition) is 3. The maximum Gasteiger partial charge on any atom is 0.0794 e. The van der Waals surface area contributed by atoms with Crippen molar-refractivity contribution in [3.63, 3.8) is 0 Å². The highest BCUT2D eigenvalue weighted by Gasteiger charge is 2.32. The molecule has 0 bridgehead atoms. The highest BCUT2D eigenvalue weighted by molar-refractivity contribution is 4.86. The molecule has 17 heavy (non-hydrogen) atoms. The highest BCUT2D eigenvalue weighted by Crippen LogP contribution is 2.25. The zero-order valence-electron chi connectivity index (χ0n) is 12.7. The highest BCUT2D eigenvalue weighted by atomic mass is 16.5. The minimum atomic E-state index is 0.112. The van der Waals surface area contributed by atoms with Crippen LogP contribution in [0.3, 0.4) is 0 Å². The molecule has 0 fully saturated rings. The van der Waals surface area contributed by atoms with E-state index in [1.54, 1.807) is 7.11 Å². The molecule has 0 rings (SSSR count). The van der Waals surface area contributed by atoms with Crippen molar-refractivity contribution in [3.05, 3.63) is 0 Å². The molecule has 2 atom stereocenters. The van der Waals surface area contributed by atoms with Gasteiger partial charge in [-0.15, -0.1) is 0 Å². The summed E-state index contributed by atoms with van der Waals surface area (Å²) in [6.45, 7) is 14.6. The molecule has 2 unspecified atom stereocenters. The fraction of sp³-hybridized carbons (Fsp3) is 1.00. The van der Waals surface area contributed by atoms with Gasteiger partial charge in [-0.3, -0.25) is 0 Å². The molecule has 3 nitrogen and oxygen atoms in total. The Bertz CT molecular complexity index is 187. The van der Waals surface area contributed by atoms with E-state index in [-0.39, 0.29) is 23.7 Å². The summed E-state index contributed by atoms with van der Waals surface area (Å²) in [7, 11) is 1.78. The number of nitrogens with one attached hydrogen (secondary N) is 1. The summed E-state index contributed by atoms with van der Waals surface area (Å²) < 4.78 is 11.4. The van der Waals surface area contributed by atoms with Crippen LogP contribution >= 0.6 is 0 Å². The van der Waals surface area contributed by atoms with Crippen LogP contribution in [0.1, 0.15) is 48.0 Å². The van der Waals surface area contributed by atoms with Crippen LogP contribution in [0.25, 0.3) is 0 Å². The largest absolute Gasteiger partial charge is 0.379 e. The van der Waals surface area contributed by atoms with Gasteiger partial charge in [0, 0.05) is 7.11 Å². The Balaban J connectivity index is 4.50. The molecule has 0 aromatic rings. The van der Waals surface area contributed by atoms with Crippen molar-refractivity contribution in [1.29, 1.82) is 0 Å². The van der Waals surface area contributed by atoms with Crippen LogP contribution in [-0.4, -0.2) is 38.5 Å². The van der Waals surface area contributed by atoms with E-state index < -0.39 is 0 Å². The Kier molecular flexibility index (Phi) is 8.01. The first-order valence-corrected chi connectivity index (χ1v) is 6.70. The molecule has 0 aliphatic heterocycles. The third-order valence-corrected chi connectivity index (χ3v) is 2.74. The quantitative estimate of drug-likeness (QED) is 0.713. The standard InChI is InChI=1S/C14H31NO2/c1-8-9-15-12(10-17-11(2)3)13(16-7)14(4,5)6/h11-13,15H,8-10H2,1-7H3. The fourth-order valence-corrected chi connectivity index (χ4v) is 2.00. The Morgan fingerprint density at radius 1 is 1.18 bits per heavy atom. The number of methoxy groups -OCH3 is 1. The second-order valence-electron chi connectivity index (χ2n) is 5.97. The molecule has 0 radical (unpaired) electrons. The molecule has 104 valence electrons. The third-order valence-electron chi connectivity index (χ3n) is 2.74. The molecule has 3 heteroatoms. The van der Waals surface area contributed by atoms with Crippen LogP contribution in [0.4, 0.5) is 0 Å². The minimum Gasteiger partial charge on any atom is -0.379 e. The van der Waals surface area contributed by atoms with Gasteiger partial charge in [0.15, 0.2) is 0 Å². The van der Waals surface area contributed by atoms with Gasteiger partial charge in [0.1, 0.15) is 0 Å². The molecule has 0 aliphatic rings. The maximum atomic E-state index is 5.74. The van der Waals surface area contributed by atoms with Crippen molar-refractivity contribution in [3.8, 4) is 0 Å². The maximum absolute atomic E-state index is 5.74. The van der Waals surface area contributed by atoms with Crippen LogP contribution in [0.2, 0.25) is 0 Å². The van der Waals surface area contributed by atoms with Crippen molar-refractivity contribution in [2.45, 2.75) is 66.2 Å². The summed E-state index contributed by atoms with van der Waals surface area (Å²) in [6.07, 6.45) is 1.55. The predicted octanol–water partition coefficient (Wildman–Crippen LogP) is 2.84. The smallest absolute Gasteiger partial charge is 0.0794 e. The third kappa shape index (κ3) is 7.02. The molecule has 0 aromatic heterocycles. The van der Waals surface area contributed by atoms with Crippen molar-refractivity contribution in [2.75, 3.05) is 20.3 Å². The molecule has 0 saturated carbocycles.